The maximum Gasteiger partial charge on any atom is 0.511 e. The molecule has 1 atom stereocenters. The Balaban J connectivity index is 1.95. The fourth-order valence-corrected chi connectivity index (χ4v) is 2.15. The lowest BCUT2D eigenvalue weighted by Crippen LogP contribution is -2.25. The SMILES string of the molecule is C[C@H](c1ccccc1)n1cncc1C(=O)OCOC(=O)OC(C)(C)C. The zero-order valence-electron chi connectivity index (χ0n) is 14.8. The molecule has 1 aromatic carbocycles. The van der Waals surface area contributed by atoms with Gasteiger partial charge >= 0.3 is 12.1 Å². The van der Waals surface area contributed by atoms with E-state index in [2.05, 4.69) is 4.98 Å². The highest BCUT2D eigenvalue weighted by atomic mass is 16.8. The van der Waals surface area contributed by atoms with Crippen LogP contribution in [0.4, 0.5) is 4.79 Å². The molecule has 134 valence electrons. The van der Waals surface area contributed by atoms with E-state index >= 15 is 0 Å². The lowest BCUT2D eigenvalue weighted by Gasteiger charge is -2.19. The highest BCUT2D eigenvalue weighted by Crippen LogP contribution is 2.19. The Labute approximate surface area is 146 Å². The topological polar surface area (TPSA) is 79.7 Å². The number of aromatic nitrogens is 2. The molecule has 2 aromatic rings. The minimum atomic E-state index is -0.897. The Morgan fingerprint density at radius 2 is 1.84 bits per heavy atom. The molecular weight excluding hydrogens is 324 g/mol. The van der Waals surface area contributed by atoms with Crippen LogP contribution in [-0.2, 0) is 14.2 Å². The molecule has 0 aliphatic carbocycles. The van der Waals surface area contributed by atoms with Crippen molar-refractivity contribution in [3.63, 3.8) is 0 Å². The lowest BCUT2D eigenvalue weighted by molar-refractivity contribution is -0.0527. The van der Waals surface area contributed by atoms with E-state index in [-0.39, 0.29) is 11.7 Å². The van der Waals surface area contributed by atoms with Crippen molar-refractivity contribution in [2.24, 2.45) is 0 Å². The second-order valence-corrected chi connectivity index (χ2v) is 6.43. The van der Waals surface area contributed by atoms with Crippen molar-refractivity contribution >= 4 is 12.1 Å². The zero-order valence-corrected chi connectivity index (χ0v) is 14.8. The monoisotopic (exact) mass is 346 g/mol. The van der Waals surface area contributed by atoms with E-state index in [9.17, 15) is 9.59 Å². The molecule has 0 saturated heterocycles. The van der Waals surface area contributed by atoms with E-state index in [1.165, 1.54) is 6.20 Å². The van der Waals surface area contributed by atoms with Crippen LogP contribution in [0.2, 0.25) is 0 Å². The second kappa shape index (κ2) is 7.83. The average Bonchev–Trinajstić information content (AvgIpc) is 3.02. The van der Waals surface area contributed by atoms with Crippen molar-refractivity contribution in [1.29, 1.82) is 0 Å². The number of ether oxygens (including phenoxy) is 3. The number of rotatable bonds is 5. The molecule has 0 unspecified atom stereocenters. The van der Waals surface area contributed by atoms with Crippen molar-refractivity contribution in [1.82, 2.24) is 9.55 Å². The molecule has 0 bridgehead atoms. The molecule has 0 spiro atoms. The number of hydrogen-bond acceptors (Lipinski definition) is 6. The summed E-state index contributed by atoms with van der Waals surface area (Å²) >= 11 is 0. The maximum absolute atomic E-state index is 12.2. The van der Waals surface area contributed by atoms with Crippen LogP contribution in [0, 0.1) is 0 Å². The van der Waals surface area contributed by atoms with Crippen molar-refractivity contribution in [3.05, 3.63) is 54.1 Å². The molecule has 0 amide bonds. The molecule has 0 N–H and O–H groups in total. The van der Waals surface area contributed by atoms with E-state index in [4.69, 9.17) is 14.2 Å². The van der Waals surface area contributed by atoms with Gasteiger partial charge in [-0.1, -0.05) is 30.3 Å². The van der Waals surface area contributed by atoms with Gasteiger partial charge in [-0.15, -0.1) is 0 Å². The Morgan fingerprint density at radius 1 is 1.16 bits per heavy atom. The first-order chi connectivity index (χ1) is 11.8. The Morgan fingerprint density at radius 3 is 2.48 bits per heavy atom. The van der Waals surface area contributed by atoms with Crippen LogP contribution in [0.15, 0.2) is 42.9 Å². The minimum Gasteiger partial charge on any atom is -0.428 e. The number of carbonyl (C=O) groups excluding carboxylic acids is 2. The molecule has 0 aliphatic rings. The molecule has 1 heterocycles. The van der Waals surface area contributed by atoms with E-state index in [1.807, 2.05) is 37.3 Å². The summed E-state index contributed by atoms with van der Waals surface area (Å²) in [7, 11) is 0. The normalized spacial score (nSPS) is 12.3. The third-order valence-electron chi connectivity index (χ3n) is 3.33. The van der Waals surface area contributed by atoms with E-state index in [1.54, 1.807) is 31.7 Å². The maximum atomic E-state index is 12.2. The molecule has 0 fully saturated rings. The van der Waals surface area contributed by atoms with Gasteiger partial charge < -0.3 is 18.8 Å². The number of nitrogens with zero attached hydrogens (tertiary/aromatic N) is 2. The molecule has 2 rings (SSSR count). The first-order valence-corrected chi connectivity index (χ1v) is 7.87. The molecule has 0 aliphatic heterocycles. The van der Waals surface area contributed by atoms with Gasteiger partial charge in [0.05, 0.1) is 18.6 Å². The quantitative estimate of drug-likeness (QED) is 0.608. The fourth-order valence-electron chi connectivity index (χ4n) is 2.15. The summed E-state index contributed by atoms with van der Waals surface area (Å²) in [5.74, 6) is -0.635. The number of esters is 1. The Kier molecular flexibility index (Phi) is 5.80. The summed E-state index contributed by atoms with van der Waals surface area (Å²) in [5.41, 5.74) is 0.619. The number of hydrogen-bond donors (Lipinski definition) is 0. The van der Waals surface area contributed by atoms with Gasteiger partial charge in [-0.05, 0) is 33.3 Å². The van der Waals surface area contributed by atoms with Crippen molar-refractivity contribution in [3.8, 4) is 0 Å². The third-order valence-corrected chi connectivity index (χ3v) is 3.33. The van der Waals surface area contributed by atoms with Gasteiger partial charge in [0.1, 0.15) is 11.3 Å². The van der Waals surface area contributed by atoms with E-state index in [0.29, 0.717) is 0 Å². The van der Waals surface area contributed by atoms with E-state index < -0.39 is 24.5 Å². The molecule has 1 aromatic heterocycles. The summed E-state index contributed by atoms with van der Waals surface area (Å²) in [5, 5.41) is 0. The van der Waals surface area contributed by atoms with Crippen LogP contribution in [0.25, 0.3) is 0 Å². The van der Waals surface area contributed by atoms with Crippen molar-refractivity contribution in [2.45, 2.75) is 39.3 Å². The summed E-state index contributed by atoms with van der Waals surface area (Å²) < 4.78 is 16.4. The van der Waals surface area contributed by atoms with Crippen LogP contribution in [0.3, 0.4) is 0 Å². The van der Waals surface area contributed by atoms with Crippen LogP contribution in [0.1, 0.15) is 49.8 Å². The summed E-state index contributed by atoms with van der Waals surface area (Å²) in [6, 6.07) is 9.60. The second-order valence-electron chi connectivity index (χ2n) is 6.43. The first-order valence-electron chi connectivity index (χ1n) is 7.87. The van der Waals surface area contributed by atoms with Crippen molar-refractivity contribution in [2.75, 3.05) is 6.79 Å². The van der Waals surface area contributed by atoms with Gasteiger partial charge in [0.15, 0.2) is 0 Å². The smallest absolute Gasteiger partial charge is 0.428 e. The summed E-state index contributed by atoms with van der Waals surface area (Å²) in [4.78, 5) is 27.7. The molecule has 7 nitrogen and oxygen atoms in total. The van der Waals surface area contributed by atoms with Crippen LogP contribution in [0.5, 0.6) is 0 Å². The molecular formula is C18H22N2O5. The standard InChI is InChI=1S/C18H22N2O5/c1-13(14-8-6-5-7-9-14)20-11-19-10-15(20)16(21)23-12-24-17(22)25-18(2,3)4/h5-11,13H,12H2,1-4H3/t13-/m1/s1. The molecule has 0 radical (unpaired) electrons. The van der Waals surface area contributed by atoms with Gasteiger partial charge in [-0.2, -0.15) is 0 Å². The highest BCUT2D eigenvalue weighted by molar-refractivity contribution is 5.87. The summed E-state index contributed by atoms with van der Waals surface area (Å²) in [6.45, 7) is 6.56. The number of imidazole rings is 1. The molecule has 25 heavy (non-hydrogen) atoms. The fraction of sp³-hybridized carbons (Fsp3) is 0.389. The predicted molar refractivity (Wildman–Crippen MR) is 90.1 cm³/mol. The molecule has 7 heteroatoms. The lowest BCUT2D eigenvalue weighted by atomic mass is 10.1. The predicted octanol–water partition coefficient (Wildman–Crippen LogP) is 3.56. The van der Waals surface area contributed by atoms with Gasteiger partial charge in [0.25, 0.3) is 0 Å². The third kappa shape index (κ3) is 5.34. The largest absolute Gasteiger partial charge is 0.511 e. The van der Waals surface area contributed by atoms with E-state index in [0.717, 1.165) is 5.56 Å². The van der Waals surface area contributed by atoms with Gasteiger partial charge in [0.2, 0.25) is 6.79 Å². The zero-order chi connectivity index (χ0) is 18.4. The Hall–Kier alpha value is -2.83. The summed E-state index contributed by atoms with van der Waals surface area (Å²) in [6.07, 6.45) is 2.07. The molecule has 0 saturated carbocycles. The van der Waals surface area contributed by atoms with Crippen molar-refractivity contribution < 1.29 is 23.8 Å². The minimum absolute atomic E-state index is 0.0991. The van der Waals surface area contributed by atoms with Crippen LogP contribution in [-0.4, -0.2) is 34.1 Å². The highest BCUT2D eigenvalue weighted by Gasteiger charge is 2.20. The first kappa shape index (κ1) is 18.5. The van der Waals surface area contributed by atoms with Crippen LogP contribution < -0.4 is 0 Å². The number of benzene rings is 1. The average molecular weight is 346 g/mol. The van der Waals surface area contributed by atoms with Gasteiger partial charge in [0, 0.05) is 0 Å². The van der Waals surface area contributed by atoms with Gasteiger partial charge in [-0.3, -0.25) is 0 Å². The number of carbonyl (C=O) groups is 2. The van der Waals surface area contributed by atoms with Gasteiger partial charge in [-0.25, -0.2) is 14.6 Å². The Bertz CT molecular complexity index is 719. The van der Waals surface area contributed by atoms with Crippen LogP contribution >= 0.6 is 0 Å².